The summed E-state index contributed by atoms with van der Waals surface area (Å²) in [6.45, 7) is 4.07. The SMILES string of the molecule is COC1C(O)C(C)OC(OC2CCC3(CO)C(CCC4C3CCC3(C)C(c5ccc(=O)oc5)CCC43O)C2)C1O. The van der Waals surface area contributed by atoms with E-state index in [0.717, 1.165) is 56.9 Å². The van der Waals surface area contributed by atoms with Crippen LogP contribution in [-0.4, -0.2) is 76.6 Å². The number of aliphatic hydroxyl groups is 4. The minimum Gasteiger partial charge on any atom is -0.431 e. The van der Waals surface area contributed by atoms with Crippen LogP contribution >= 0.6 is 0 Å². The van der Waals surface area contributed by atoms with Gasteiger partial charge in [0.25, 0.3) is 0 Å². The van der Waals surface area contributed by atoms with Crippen LogP contribution in [0.4, 0.5) is 0 Å². The molecule has 5 aliphatic rings. The van der Waals surface area contributed by atoms with Crippen molar-refractivity contribution in [3.05, 3.63) is 34.4 Å². The van der Waals surface area contributed by atoms with Crippen LogP contribution in [0, 0.1) is 28.6 Å². The molecule has 1 saturated heterocycles. The lowest BCUT2D eigenvalue weighted by atomic mass is 9.43. The van der Waals surface area contributed by atoms with Crippen molar-refractivity contribution in [3.63, 3.8) is 0 Å². The lowest BCUT2D eigenvalue weighted by Gasteiger charge is -2.64. The Morgan fingerprint density at radius 2 is 1.82 bits per heavy atom. The molecule has 0 amide bonds. The molecule has 4 saturated carbocycles. The molecule has 4 aliphatic carbocycles. The molecule has 40 heavy (non-hydrogen) atoms. The first-order valence-electron chi connectivity index (χ1n) is 15.2. The zero-order valence-corrected chi connectivity index (χ0v) is 23.9. The van der Waals surface area contributed by atoms with Gasteiger partial charge in [0.05, 0.1) is 24.1 Å². The Bertz CT molecular complexity index is 1100. The Hall–Kier alpha value is -1.33. The fourth-order valence-corrected chi connectivity index (χ4v) is 10.1. The Balaban J connectivity index is 1.19. The van der Waals surface area contributed by atoms with Crippen molar-refractivity contribution >= 4 is 0 Å². The fraction of sp³-hybridized carbons (Fsp3) is 0.839. The largest absolute Gasteiger partial charge is 0.431 e. The van der Waals surface area contributed by atoms with E-state index < -0.39 is 36.3 Å². The van der Waals surface area contributed by atoms with Crippen LogP contribution in [0.2, 0.25) is 0 Å². The van der Waals surface area contributed by atoms with E-state index in [4.69, 9.17) is 18.6 Å². The molecule has 224 valence electrons. The van der Waals surface area contributed by atoms with E-state index in [1.807, 2.05) is 6.07 Å². The first-order valence-corrected chi connectivity index (χ1v) is 15.2. The number of ether oxygens (including phenoxy) is 3. The van der Waals surface area contributed by atoms with Crippen LogP contribution in [0.3, 0.4) is 0 Å². The summed E-state index contributed by atoms with van der Waals surface area (Å²) < 4.78 is 22.7. The van der Waals surface area contributed by atoms with Gasteiger partial charge in [0.1, 0.15) is 18.3 Å². The second-order valence-electron chi connectivity index (χ2n) is 13.7. The molecule has 1 aromatic heterocycles. The number of hydrogen-bond donors (Lipinski definition) is 4. The van der Waals surface area contributed by atoms with E-state index in [0.29, 0.717) is 6.42 Å². The van der Waals surface area contributed by atoms with Crippen LogP contribution in [-0.2, 0) is 14.2 Å². The van der Waals surface area contributed by atoms with Gasteiger partial charge in [0.15, 0.2) is 6.29 Å². The van der Waals surface area contributed by atoms with Crippen LogP contribution in [0.15, 0.2) is 27.6 Å². The highest BCUT2D eigenvalue weighted by molar-refractivity contribution is 5.27. The van der Waals surface area contributed by atoms with E-state index >= 15 is 0 Å². The molecular formula is C31H46O9. The van der Waals surface area contributed by atoms with Crippen molar-refractivity contribution in [1.29, 1.82) is 0 Å². The lowest BCUT2D eigenvalue weighted by Crippen LogP contribution is -2.64. The van der Waals surface area contributed by atoms with Crippen molar-refractivity contribution in [1.82, 2.24) is 0 Å². The minimum atomic E-state index is -1.09. The number of aliphatic hydroxyl groups excluding tert-OH is 3. The van der Waals surface area contributed by atoms with Crippen LogP contribution in [0.5, 0.6) is 0 Å². The third kappa shape index (κ3) is 4.18. The zero-order valence-electron chi connectivity index (χ0n) is 23.9. The van der Waals surface area contributed by atoms with Crippen LogP contribution in [0.25, 0.3) is 0 Å². The molecule has 0 bridgehead atoms. The van der Waals surface area contributed by atoms with E-state index in [-0.39, 0.29) is 52.8 Å². The smallest absolute Gasteiger partial charge is 0.335 e. The number of methoxy groups -OCH3 is 1. The van der Waals surface area contributed by atoms with E-state index in [1.54, 1.807) is 13.2 Å². The topological polar surface area (TPSA) is 139 Å². The highest BCUT2D eigenvalue weighted by atomic mass is 16.7. The van der Waals surface area contributed by atoms with Crippen molar-refractivity contribution in [2.75, 3.05) is 13.7 Å². The molecule has 13 unspecified atom stereocenters. The Morgan fingerprint density at radius 3 is 2.52 bits per heavy atom. The van der Waals surface area contributed by atoms with Gasteiger partial charge < -0.3 is 39.1 Å². The molecule has 9 heteroatoms. The van der Waals surface area contributed by atoms with Gasteiger partial charge in [-0.1, -0.05) is 6.92 Å². The highest BCUT2D eigenvalue weighted by Gasteiger charge is 2.68. The molecule has 13 atom stereocenters. The number of hydrogen-bond acceptors (Lipinski definition) is 9. The fourth-order valence-electron chi connectivity index (χ4n) is 10.1. The monoisotopic (exact) mass is 562 g/mol. The summed E-state index contributed by atoms with van der Waals surface area (Å²) in [4.78, 5) is 11.6. The molecule has 5 fully saturated rings. The first-order chi connectivity index (χ1) is 19.1. The maximum Gasteiger partial charge on any atom is 0.335 e. The van der Waals surface area contributed by atoms with Crippen molar-refractivity contribution in [3.8, 4) is 0 Å². The Labute approximate surface area is 235 Å². The summed E-state index contributed by atoms with van der Waals surface area (Å²) in [6.07, 6.45) is 4.78. The van der Waals surface area contributed by atoms with Gasteiger partial charge in [0.2, 0.25) is 0 Å². The highest BCUT2D eigenvalue weighted by Crippen LogP contribution is 2.70. The second-order valence-corrected chi connectivity index (χ2v) is 13.7. The van der Waals surface area contributed by atoms with Crippen molar-refractivity contribution in [2.45, 2.75) is 120 Å². The molecule has 1 aromatic rings. The summed E-state index contributed by atoms with van der Waals surface area (Å²) >= 11 is 0. The summed E-state index contributed by atoms with van der Waals surface area (Å²) in [5.41, 5.74) is -0.773. The summed E-state index contributed by atoms with van der Waals surface area (Å²) in [5, 5.41) is 44.5. The van der Waals surface area contributed by atoms with Gasteiger partial charge in [-0.05, 0) is 105 Å². The predicted molar refractivity (Wildman–Crippen MR) is 144 cm³/mol. The van der Waals surface area contributed by atoms with Gasteiger partial charge in [0, 0.05) is 25.2 Å². The summed E-state index contributed by atoms with van der Waals surface area (Å²) in [5.74, 6) is 0.731. The van der Waals surface area contributed by atoms with Crippen LogP contribution < -0.4 is 5.63 Å². The second kappa shape index (κ2) is 10.4. The van der Waals surface area contributed by atoms with Gasteiger partial charge in [-0.2, -0.15) is 0 Å². The third-order valence-corrected chi connectivity index (χ3v) is 12.3. The number of fused-ring (bicyclic) bond motifs is 5. The normalized spacial score (nSPS) is 50.6. The maximum atomic E-state index is 12.5. The van der Waals surface area contributed by atoms with Gasteiger partial charge >= 0.3 is 5.63 Å². The molecule has 9 nitrogen and oxygen atoms in total. The maximum absolute atomic E-state index is 12.5. The minimum absolute atomic E-state index is 0.100. The Kier molecular flexibility index (Phi) is 7.51. The Morgan fingerprint density at radius 1 is 1.02 bits per heavy atom. The van der Waals surface area contributed by atoms with Gasteiger partial charge in [-0.25, -0.2) is 4.79 Å². The van der Waals surface area contributed by atoms with Crippen molar-refractivity contribution < 1.29 is 39.1 Å². The molecule has 6 rings (SSSR count). The quantitative estimate of drug-likeness (QED) is 0.399. The van der Waals surface area contributed by atoms with E-state index in [1.165, 1.54) is 13.2 Å². The molecule has 0 radical (unpaired) electrons. The van der Waals surface area contributed by atoms with Gasteiger partial charge in [-0.3, -0.25) is 0 Å². The van der Waals surface area contributed by atoms with Gasteiger partial charge in [-0.15, -0.1) is 0 Å². The zero-order chi connectivity index (χ0) is 28.4. The molecule has 4 N–H and O–H groups in total. The average Bonchev–Trinajstić information content (AvgIpc) is 3.23. The lowest BCUT2D eigenvalue weighted by molar-refractivity contribution is -0.314. The average molecular weight is 563 g/mol. The van der Waals surface area contributed by atoms with Crippen molar-refractivity contribution in [2.24, 2.45) is 28.6 Å². The predicted octanol–water partition coefficient (Wildman–Crippen LogP) is 2.72. The van der Waals surface area contributed by atoms with Crippen LogP contribution in [0.1, 0.15) is 83.1 Å². The molecule has 0 spiro atoms. The van der Waals surface area contributed by atoms with E-state index in [9.17, 15) is 25.2 Å². The summed E-state index contributed by atoms with van der Waals surface area (Å²) in [7, 11) is 1.47. The number of rotatable bonds is 5. The first kappa shape index (κ1) is 28.8. The third-order valence-electron chi connectivity index (χ3n) is 12.3. The summed E-state index contributed by atoms with van der Waals surface area (Å²) in [6, 6.07) is 3.33. The molecule has 0 aromatic carbocycles. The molecule has 1 aliphatic heterocycles. The molecular weight excluding hydrogens is 516 g/mol. The van der Waals surface area contributed by atoms with E-state index in [2.05, 4.69) is 6.92 Å². The standard InChI is InChI=1S/C31H46O9/c1-17-25(34)27(37-3)26(35)28(39-17)40-20-8-12-30(16-32)19(14-20)5-6-23-22(30)9-11-29(2)21(10-13-31(23,29)36)18-4-7-24(33)38-15-18/h4,7,15,17,19-23,25-28,32,34-36H,5-6,8-14,16H2,1-3H3. The molecule has 2 heterocycles.